The first-order chi connectivity index (χ1) is 16.0. The Balaban J connectivity index is 1.75. The average Bonchev–Trinajstić information content (AvgIpc) is 2.83. The number of para-hydroxylation sites is 1. The molecule has 0 aliphatic rings. The minimum absolute atomic E-state index is 0.0850. The summed E-state index contributed by atoms with van der Waals surface area (Å²) >= 11 is 6.05. The van der Waals surface area contributed by atoms with E-state index in [4.69, 9.17) is 16.6 Å². The van der Waals surface area contributed by atoms with Gasteiger partial charge in [-0.15, -0.1) is 0 Å². The summed E-state index contributed by atoms with van der Waals surface area (Å²) in [5.41, 5.74) is 1.53. The zero-order chi connectivity index (χ0) is 22.9. The third-order valence-electron chi connectivity index (χ3n) is 5.48. The van der Waals surface area contributed by atoms with E-state index in [-0.39, 0.29) is 16.1 Å². The Labute approximate surface area is 193 Å². The van der Waals surface area contributed by atoms with E-state index in [2.05, 4.69) is 0 Å². The van der Waals surface area contributed by atoms with Crippen LogP contribution in [0.15, 0.2) is 89.7 Å². The van der Waals surface area contributed by atoms with Crippen molar-refractivity contribution in [2.75, 3.05) is 0 Å². The summed E-state index contributed by atoms with van der Waals surface area (Å²) in [6.07, 6.45) is 3.67. The van der Waals surface area contributed by atoms with E-state index >= 15 is 0 Å². The summed E-state index contributed by atoms with van der Waals surface area (Å²) in [5.74, 6) is -0.790. The lowest BCUT2D eigenvalue weighted by Gasteiger charge is -2.13. The number of benzene rings is 4. The maximum Gasteiger partial charge on any atom is 0.337 e. The molecule has 1 N–H and O–H groups in total. The number of hydrogen-bond acceptors (Lipinski definition) is 3. The Morgan fingerprint density at radius 3 is 2.42 bits per heavy atom. The fraction of sp³-hybridized carbons (Fsp3) is 0. The Kier molecular flexibility index (Phi) is 5.24. The van der Waals surface area contributed by atoms with Crippen LogP contribution in [0.25, 0.3) is 39.5 Å². The summed E-state index contributed by atoms with van der Waals surface area (Å²) in [4.78, 5) is 29.8. The number of carboxylic acids is 1. The molecule has 0 aliphatic carbocycles. The average molecular weight is 453 g/mol. The zero-order valence-corrected chi connectivity index (χ0v) is 18.0. The molecule has 0 radical (unpaired) electrons. The fourth-order valence-electron chi connectivity index (χ4n) is 3.89. The van der Waals surface area contributed by atoms with Gasteiger partial charge < -0.3 is 5.11 Å². The van der Waals surface area contributed by atoms with Gasteiger partial charge in [0, 0.05) is 0 Å². The lowest BCUT2D eigenvalue weighted by atomic mass is 10.0. The maximum atomic E-state index is 13.4. The molecule has 0 bridgehead atoms. The van der Waals surface area contributed by atoms with Gasteiger partial charge >= 0.3 is 5.97 Å². The van der Waals surface area contributed by atoms with Gasteiger partial charge in [-0.25, -0.2) is 9.78 Å². The van der Waals surface area contributed by atoms with Gasteiger partial charge in [0.15, 0.2) is 0 Å². The van der Waals surface area contributed by atoms with Crippen LogP contribution in [0.5, 0.6) is 0 Å². The molecule has 5 nitrogen and oxygen atoms in total. The van der Waals surface area contributed by atoms with Gasteiger partial charge in [-0.2, -0.15) is 0 Å². The summed E-state index contributed by atoms with van der Waals surface area (Å²) in [6.45, 7) is 0. The second-order valence-electron chi connectivity index (χ2n) is 7.50. The highest BCUT2D eigenvalue weighted by atomic mass is 35.5. The first-order valence-electron chi connectivity index (χ1n) is 10.2. The van der Waals surface area contributed by atoms with Crippen LogP contribution < -0.4 is 5.56 Å². The first-order valence-corrected chi connectivity index (χ1v) is 10.6. The molecule has 6 heteroatoms. The number of halogens is 1. The lowest BCUT2D eigenvalue weighted by Crippen LogP contribution is -2.22. The molecular formula is C27H17ClN2O3. The highest BCUT2D eigenvalue weighted by Crippen LogP contribution is 2.23. The number of carboxylic acid groups (broad SMARTS) is 1. The molecule has 4 aromatic carbocycles. The number of nitrogens with zero attached hydrogens (tertiary/aromatic N) is 2. The van der Waals surface area contributed by atoms with E-state index in [1.165, 1.54) is 16.7 Å². The van der Waals surface area contributed by atoms with Crippen molar-refractivity contribution in [1.29, 1.82) is 0 Å². The zero-order valence-electron chi connectivity index (χ0n) is 17.3. The second kappa shape index (κ2) is 8.37. The third kappa shape index (κ3) is 3.79. The Morgan fingerprint density at radius 2 is 1.61 bits per heavy atom. The van der Waals surface area contributed by atoms with Crippen LogP contribution in [-0.4, -0.2) is 20.6 Å². The van der Waals surface area contributed by atoms with Crippen molar-refractivity contribution in [2.24, 2.45) is 0 Å². The van der Waals surface area contributed by atoms with Gasteiger partial charge in [-0.1, -0.05) is 72.3 Å². The van der Waals surface area contributed by atoms with E-state index < -0.39 is 5.97 Å². The number of aromatic nitrogens is 2. The predicted molar refractivity (Wildman–Crippen MR) is 132 cm³/mol. The lowest BCUT2D eigenvalue weighted by molar-refractivity contribution is 0.0697. The molecule has 0 unspecified atom stereocenters. The largest absolute Gasteiger partial charge is 0.478 e. The molecule has 0 aliphatic heterocycles. The van der Waals surface area contributed by atoms with E-state index in [0.717, 1.165) is 16.3 Å². The van der Waals surface area contributed by atoms with E-state index in [9.17, 15) is 14.7 Å². The van der Waals surface area contributed by atoms with E-state index in [1.54, 1.807) is 30.3 Å². The summed E-state index contributed by atoms with van der Waals surface area (Å²) in [5, 5.41) is 12.2. The molecule has 33 heavy (non-hydrogen) atoms. The quantitative estimate of drug-likeness (QED) is 0.359. The van der Waals surface area contributed by atoms with Crippen molar-refractivity contribution in [3.05, 3.63) is 117 Å². The van der Waals surface area contributed by atoms with Crippen LogP contribution in [0, 0.1) is 0 Å². The van der Waals surface area contributed by atoms with Crippen LogP contribution >= 0.6 is 11.6 Å². The van der Waals surface area contributed by atoms with Crippen LogP contribution in [0.1, 0.15) is 21.7 Å². The van der Waals surface area contributed by atoms with Crippen molar-refractivity contribution in [2.45, 2.75) is 0 Å². The fourth-order valence-corrected chi connectivity index (χ4v) is 4.09. The van der Waals surface area contributed by atoms with Gasteiger partial charge in [-0.05, 0) is 52.7 Å². The van der Waals surface area contributed by atoms with Crippen molar-refractivity contribution in [3.8, 4) is 5.69 Å². The van der Waals surface area contributed by atoms with E-state index in [1.807, 2.05) is 54.6 Å². The molecule has 5 rings (SSSR count). The Morgan fingerprint density at radius 1 is 0.879 bits per heavy atom. The summed E-state index contributed by atoms with van der Waals surface area (Å²) in [7, 11) is 0. The van der Waals surface area contributed by atoms with Crippen LogP contribution in [-0.2, 0) is 0 Å². The molecule has 1 heterocycles. The number of rotatable bonds is 4. The standard InChI is InChI=1S/C27H17ClN2O3/c28-23-14-13-19(16-22(23)27(32)33)30-25(29-24-11-4-3-10-21(24)26(30)31)15-12-18-8-5-7-17-6-1-2-9-20(17)18/h1-16H,(H,32,33). The maximum absolute atomic E-state index is 13.4. The van der Waals surface area contributed by atoms with Gasteiger partial charge in [0.05, 0.1) is 27.2 Å². The minimum Gasteiger partial charge on any atom is -0.478 e. The van der Waals surface area contributed by atoms with Gasteiger partial charge in [0.1, 0.15) is 5.82 Å². The molecule has 0 fully saturated rings. The van der Waals surface area contributed by atoms with E-state index in [0.29, 0.717) is 22.4 Å². The van der Waals surface area contributed by atoms with Gasteiger partial charge in [0.2, 0.25) is 0 Å². The molecular weight excluding hydrogens is 436 g/mol. The predicted octanol–water partition coefficient (Wildman–Crippen LogP) is 6.06. The molecule has 0 atom stereocenters. The van der Waals surface area contributed by atoms with Crippen LogP contribution in [0.3, 0.4) is 0 Å². The number of carbonyl (C=O) groups is 1. The molecule has 0 amide bonds. The Hall–Kier alpha value is -4.22. The third-order valence-corrected chi connectivity index (χ3v) is 5.81. The normalized spacial score (nSPS) is 11.4. The SMILES string of the molecule is O=C(O)c1cc(-n2c(C=Cc3cccc4ccccc34)nc3ccccc3c2=O)ccc1Cl. The molecule has 0 spiro atoms. The number of aromatic carboxylic acids is 1. The molecule has 5 aromatic rings. The second-order valence-corrected chi connectivity index (χ2v) is 7.91. The molecule has 0 saturated carbocycles. The van der Waals surface area contributed by atoms with Crippen molar-refractivity contribution < 1.29 is 9.90 Å². The van der Waals surface area contributed by atoms with Gasteiger partial charge in [-0.3, -0.25) is 9.36 Å². The minimum atomic E-state index is -1.17. The van der Waals surface area contributed by atoms with Crippen molar-refractivity contribution >= 4 is 51.4 Å². The smallest absolute Gasteiger partial charge is 0.337 e. The molecule has 160 valence electrons. The van der Waals surface area contributed by atoms with Crippen molar-refractivity contribution in [3.63, 3.8) is 0 Å². The monoisotopic (exact) mass is 452 g/mol. The Bertz CT molecular complexity index is 1630. The number of fused-ring (bicyclic) bond motifs is 2. The number of hydrogen-bond donors (Lipinski definition) is 1. The molecule has 0 saturated heterocycles. The van der Waals surface area contributed by atoms with Gasteiger partial charge in [0.25, 0.3) is 5.56 Å². The summed E-state index contributed by atoms with van der Waals surface area (Å²) in [6, 6.07) is 25.6. The molecule has 1 aromatic heterocycles. The van der Waals surface area contributed by atoms with Crippen LogP contribution in [0.4, 0.5) is 0 Å². The topological polar surface area (TPSA) is 72.2 Å². The summed E-state index contributed by atoms with van der Waals surface area (Å²) < 4.78 is 1.41. The van der Waals surface area contributed by atoms with Crippen LogP contribution in [0.2, 0.25) is 5.02 Å². The first kappa shape index (κ1) is 20.7. The van der Waals surface area contributed by atoms with Crippen molar-refractivity contribution in [1.82, 2.24) is 9.55 Å². The highest BCUT2D eigenvalue weighted by molar-refractivity contribution is 6.33. The highest BCUT2D eigenvalue weighted by Gasteiger charge is 2.15.